The Kier molecular flexibility index (Phi) is 5.98. The van der Waals surface area contributed by atoms with Crippen molar-refractivity contribution in [3.63, 3.8) is 0 Å². The molecule has 0 spiro atoms. The van der Waals surface area contributed by atoms with Crippen molar-refractivity contribution in [3.8, 4) is 5.75 Å². The molecule has 0 aliphatic carbocycles. The van der Waals surface area contributed by atoms with Crippen LogP contribution < -0.4 is 10.1 Å². The maximum Gasteiger partial charge on any atom is 0.207 e. The zero-order valence-corrected chi connectivity index (χ0v) is 15.2. The number of hydrogen-bond donors (Lipinski definition) is 1. The summed E-state index contributed by atoms with van der Waals surface area (Å²) in [6, 6.07) is 16.2. The largest absolute Gasteiger partial charge is 0.489 e. The van der Waals surface area contributed by atoms with Gasteiger partial charge >= 0.3 is 0 Å². The van der Waals surface area contributed by atoms with Gasteiger partial charge in [0, 0.05) is 36.8 Å². The van der Waals surface area contributed by atoms with Crippen molar-refractivity contribution < 1.29 is 9.47 Å². The molecule has 0 saturated carbocycles. The van der Waals surface area contributed by atoms with Crippen molar-refractivity contribution in [2.75, 3.05) is 19.0 Å². The van der Waals surface area contributed by atoms with Gasteiger partial charge in [-0.2, -0.15) is 4.37 Å². The van der Waals surface area contributed by atoms with Crippen LogP contribution in [0.4, 0.5) is 10.8 Å². The predicted molar refractivity (Wildman–Crippen MR) is 101 cm³/mol. The second-order valence-electron chi connectivity index (χ2n) is 5.69. The fourth-order valence-corrected chi connectivity index (χ4v) is 2.99. The number of hydrogen-bond acceptors (Lipinski definition) is 6. The predicted octanol–water partition coefficient (Wildman–Crippen LogP) is 4.36. The van der Waals surface area contributed by atoms with Gasteiger partial charge < -0.3 is 14.8 Å². The summed E-state index contributed by atoms with van der Waals surface area (Å²) in [5.41, 5.74) is 3.32. The highest BCUT2D eigenvalue weighted by Gasteiger charge is 2.05. The number of nitrogens with one attached hydrogen (secondary N) is 1. The first-order chi connectivity index (χ1) is 12.2. The van der Waals surface area contributed by atoms with Gasteiger partial charge in [0.2, 0.25) is 5.13 Å². The van der Waals surface area contributed by atoms with E-state index in [1.54, 1.807) is 7.11 Å². The van der Waals surface area contributed by atoms with Crippen molar-refractivity contribution in [1.29, 1.82) is 0 Å². The van der Waals surface area contributed by atoms with E-state index in [4.69, 9.17) is 9.47 Å². The van der Waals surface area contributed by atoms with Gasteiger partial charge in [0.1, 0.15) is 18.2 Å². The van der Waals surface area contributed by atoms with Crippen LogP contribution in [0.3, 0.4) is 0 Å². The summed E-state index contributed by atoms with van der Waals surface area (Å²) in [6.45, 7) is 3.25. The van der Waals surface area contributed by atoms with Crippen LogP contribution in [0, 0.1) is 6.92 Å². The van der Waals surface area contributed by atoms with Crippen LogP contribution in [0.1, 0.15) is 17.0 Å². The molecule has 3 aromatic rings. The molecular formula is C19H21N3O2S. The minimum atomic E-state index is 0.547. The average Bonchev–Trinajstić information content (AvgIpc) is 3.06. The molecule has 1 aromatic heterocycles. The first-order valence-corrected chi connectivity index (χ1v) is 8.87. The van der Waals surface area contributed by atoms with Crippen molar-refractivity contribution in [3.05, 3.63) is 65.5 Å². The van der Waals surface area contributed by atoms with Gasteiger partial charge in [0.05, 0.1) is 6.61 Å². The first-order valence-electron chi connectivity index (χ1n) is 8.10. The van der Waals surface area contributed by atoms with E-state index in [1.807, 2.05) is 30.3 Å². The molecule has 0 radical (unpaired) electrons. The van der Waals surface area contributed by atoms with Crippen molar-refractivity contribution in [2.45, 2.75) is 20.0 Å². The molecule has 1 heterocycles. The second-order valence-corrected chi connectivity index (χ2v) is 6.44. The summed E-state index contributed by atoms with van der Waals surface area (Å²) in [5.74, 6) is 1.61. The van der Waals surface area contributed by atoms with Gasteiger partial charge in [0.25, 0.3) is 0 Å². The van der Waals surface area contributed by atoms with Crippen LogP contribution in [0.5, 0.6) is 5.75 Å². The summed E-state index contributed by atoms with van der Waals surface area (Å²) in [7, 11) is 1.67. The Hall–Kier alpha value is -2.44. The molecule has 1 N–H and O–H groups in total. The van der Waals surface area contributed by atoms with E-state index >= 15 is 0 Å². The third-order valence-corrected chi connectivity index (χ3v) is 4.24. The maximum absolute atomic E-state index is 5.89. The molecule has 25 heavy (non-hydrogen) atoms. The second kappa shape index (κ2) is 8.60. The van der Waals surface area contributed by atoms with Crippen molar-refractivity contribution in [1.82, 2.24) is 9.36 Å². The summed E-state index contributed by atoms with van der Waals surface area (Å²) in [5, 5.41) is 4.04. The van der Waals surface area contributed by atoms with Gasteiger partial charge in [-0.15, -0.1) is 0 Å². The molecule has 0 atom stereocenters. The Balaban J connectivity index is 1.60. The number of aryl methyl sites for hydroxylation is 1. The molecular weight excluding hydrogens is 334 g/mol. The van der Waals surface area contributed by atoms with E-state index in [0.717, 1.165) is 28.0 Å². The van der Waals surface area contributed by atoms with Gasteiger partial charge in [-0.3, -0.25) is 0 Å². The molecule has 0 fully saturated rings. The van der Waals surface area contributed by atoms with Gasteiger partial charge in [0.15, 0.2) is 0 Å². The summed E-state index contributed by atoms with van der Waals surface area (Å²) < 4.78 is 15.3. The molecule has 6 heteroatoms. The highest BCUT2D eigenvalue weighted by atomic mass is 32.1. The lowest BCUT2D eigenvalue weighted by Crippen LogP contribution is -1.98. The molecule has 0 aliphatic heterocycles. The summed E-state index contributed by atoms with van der Waals surface area (Å²) >= 11 is 1.34. The number of rotatable bonds is 8. The fraction of sp³-hybridized carbons (Fsp3) is 0.263. The van der Waals surface area contributed by atoms with E-state index in [0.29, 0.717) is 19.6 Å². The van der Waals surface area contributed by atoms with E-state index in [1.165, 1.54) is 17.1 Å². The molecule has 0 aliphatic rings. The molecule has 0 saturated heterocycles. The van der Waals surface area contributed by atoms with Crippen LogP contribution in [-0.2, 0) is 17.8 Å². The lowest BCUT2D eigenvalue weighted by molar-refractivity contribution is 0.201. The maximum atomic E-state index is 5.89. The van der Waals surface area contributed by atoms with Crippen molar-refractivity contribution >= 4 is 22.4 Å². The van der Waals surface area contributed by atoms with Crippen LogP contribution in [0.2, 0.25) is 0 Å². The Bertz CT molecular complexity index is 820. The zero-order chi connectivity index (χ0) is 17.5. The molecule has 130 valence electrons. The van der Waals surface area contributed by atoms with Gasteiger partial charge in [-0.25, -0.2) is 4.98 Å². The zero-order valence-electron chi connectivity index (χ0n) is 14.4. The van der Waals surface area contributed by atoms with Crippen LogP contribution >= 0.6 is 11.5 Å². The van der Waals surface area contributed by atoms with Gasteiger partial charge in [-0.05, 0) is 24.6 Å². The minimum absolute atomic E-state index is 0.547. The molecule has 5 nitrogen and oxygen atoms in total. The van der Waals surface area contributed by atoms with Crippen LogP contribution in [0.25, 0.3) is 0 Å². The Morgan fingerprint density at radius 2 is 2.00 bits per heavy atom. The van der Waals surface area contributed by atoms with E-state index in [2.05, 4.69) is 39.8 Å². The van der Waals surface area contributed by atoms with E-state index in [9.17, 15) is 0 Å². The number of ether oxygens (including phenoxy) is 2. The SMILES string of the molecule is COCCc1nsc(Nc2cccc(OCc3cccc(C)c3)c2)n1. The fourth-order valence-electron chi connectivity index (χ4n) is 2.36. The number of anilines is 2. The smallest absolute Gasteiger partial charge is 0.207 e. The number of benzene rings is 2. The Morgan fingerprint density at radius 3 is 2.84 bits per heavy atom. The normalized spacial score (nSPS) is 10.6. The summed E-state index contributed by atoms with van der Waals surface area (Å²) in [4.78, 5) is 4.45. The van der Waals surface area contributed by atoms with E-state index in [-0.39, 0.29) is 0 Å². The highest BCUT2D eigenvalue weighted by Crippen LogP contribution is 2.23. The van der Waals surface area contributed by atoms with Crippen LogP contribution in [-0.4, -0.2) is 23.1 Å². The Labute approximate surface area is 151 Å². The standard InChI is InChI=1S/C19H21N3O2S/c1-14-5-3-6-15(11-14)13-24-17-8-4-7-16(12-17)20-19-21-18(22-25-19)9-10-23-2/h3-8,11-12H,9-10,13H2,1-2H3,(H,20,21,22). The van der Waals surface area contributed by atoms with Gasteiger partial charge in [-0.1, -0.05) is 35.9 Å². The number of aromatic nitrogens is 2. The number of methoxy groups -OCH3 is 1. The third-order valence-electron chi connectivity index (χ3n) is 3.57. The lowest BCUT2D eigenvalue weighted by atomic mass is 10.1. The van der Waals surface area contributed by atoms with E-state index < -0.39 is 0 Å². The minimum Gasteiger partial charge on any atom is -0.489 e. The molecule has 0 amide bonds. The summed E-state index contributed by atoms with van der Waals surface area (Å²) in [6.07, 6.45) is 0.717. The Morgan fingerprint density at radius 1 is 1.12 bits per heavy atom. The highest BCUT2D eigenvalue weighted by molar-refractivity contribution is 7.09. The quantitative estimate of drug-likeness (QED) is 0.651. The first kappa shape index (κ1) is 17.4. The number of nitrogens with zero attached hydrogens (tertiary/aromatic N) is 2. The average molecular weight is 355 g/mol. The topological polar surface area (TPSA) is 56.3 Å². The molecule has 0 unspecified atom stereocenters. The molecule has 0 bridgehead atoms. The molecule has 3 rings (SSSR count). The molecule has 2 aromatic carbocycles. The monoisotopic (exact) mass is 355 g/mol. The lowest BCUT2D eigenvalue weighted by Gasteiger charge is -2.09. The van der Waals surface area contributed by atoms with Crippen molar-refractivity contribution in [2.24, 2.45) is 0 Å². The third kappa shape index (κ3) is 5.27. The van der Waals surface area contributed by atoms with Crippen LogP contribution in [0.15, 0.2) is 48.5 Å².